The summed E-state index contributed by atoms with van der Waals surface area (Å²) in [6.45, 7) is 0. The van der Waals surface area contributed by atoms with Gasteiger partial charge in [0.25, 0.3) is 0 Å². The highest BCUT2D eigenvalue weighted by atomic mass is 32.2. The maximum absolute atomic E-state index is 5.63. The molecule has 82 valence electrons. The molecule has 0 aliphatic heterocycles. The van der Waals surface area contributed by atoms with Crippen LogP contribution in [0.3, 0.4) is 0 Å². The largest absolute Gasteiger partial charge is 0.496 e. The number of para-hydroxylation sites is 1. The van der Waals surface area contributed by atoms with Crippen molar-refractivity contribution in [3.8, 4) is 5.75 Å². The number of methoxy groups -OCH3 is 1. The number of pyridine rings is 1. The third-order valence-electron chi connectivity index (χ3n) is 2.03. The smallest absolute Gasteiger partial charge is 0.132 e. The molecule has 0 amide bonds. The minimum Gasteiger partial charge on any atom is -0.496 e. The van der Waals surface area contributed by atoms with Crippen molar-refractivity contribution < 1.29 is 4.74 Å². The first-order valence-electron chi connectivity index (χ1n) is 4.83. The van der Waals surface area contributed by atoms with Crippen molar-refractivity contribution in [3.05, 3.63) is 42.5 Å². The summed E-state index contributed by atoms with van der Waals surface area (Å²) in [5, 5.41) is 0.865. The average Bonchev–Trinajstić information content (AvgIpc) is 2.30. The van der Waals surface area contributed by atoms with Crippen molar-refractivity contribution >= 4 is 17.6 Å². The third-order valence-corrected chi connectivity index (χ3v) is 3.02. The highest BCUT2D eigenvalue weighted by Gasteiger charge is 2.04. The Morgan fingerprint density at radius 2 is 1.94 bits per heavy atom. The van der Waals surface area contributed by atoms with Crippen LogP contribution in [0, 0.1) is 0 Å². The van der Waals surface area contributed by atoms with Gasteiger partial charge < -0.3 is 10.5 Å². The molecular formula is C12H12N2OS. The zero-order valence-electron chi connectivity index (χ0n) is 8.88. The first kappa shape index (κ1) is 10.8. The van der Waals surface area contributed by atoms with E-state index in [1.54, 1.807) is 13.2 Å². The molecule has 3 nitrogen and oxygen atoms in total. The lowest BCUT2D eigenvalue weighted by Crippen LogP contribution is -1.90. The number of benzene rings is 1. The molecular weight excluding hydrogens is 220 g/mol. The lowest BCUT2D eigenvalue weighted by Gasteiger charge is -2.06. The van der Waals surface area contributed by atoms with Crippen LogP contribution in [0.4, 0.5) is 5.82 Å². The first-order chi connectivity index (χ1) is 7.79. The minimum atomic E-state index is 0.528. The van der Waals surface area contributed by atoms with E-state index in [0.29, 0.717) is 5.82 Å². The fourth-order valence-electron chi connectivity index (χ4n) is 1.30. The lowest BCUT2D eigenvalue weighted by molar-refractivity contribution is 0.405. The van der Waals surface area contributed by atoms with Gasteiger partial charge in [-0.3, -0.25) is 0 Å². The van der Waals surface area contributed by atoms with Crippen molar-refractivity contribution in [2.24, 2.45) is 0 Å². The fraction of sp³-hybridized carbons (Fsp3) is 0.0833. The second kappa shape index (κ2) is 4.90. The summed E-state index contributed by atoms with van der Waals surface area (Å²) < 4.78 is 5.27. The highest BCUT2D eigenvalue weighted by molar-refractivity contribution is 7.99. The molecule has 0 bridgehead atoms. The summed E-state index contributed by atoms with van der Waals surface area (Å²) in [5.74, 6) is 1.37. The molecule has 0 atom stereocenters. The zero-order valence-corrected chi connectivity index (χ0v) is 9.70. The molecule has 1 aromatic heterocycles. The van der Waals surface area contributed by atoms with Gasteiger partial charge in [0.1, 0.15) is 16.6 Å². The van der Waals surface area contributed by atoms with Gasteiger partial charge in [0, 0.05) is 0 Å². The van der Waals surface area contributed by atoms with Crippen molar-refractivity contribution in [2.45, 2.75) is 9.92 Å². The predicted octanol–water partition coefficient (Wildman–Crippen LogP) is 2.82. The molecule has 0 fully saturated rings. The van der Waals surface area contributed by atoms with E-state index in [1.807, 2.05) is 36.4 Å². The number of anilines is 1. The SMILES string of the molecule is COc1ccccc1Sc1cccc(N)n1. The molecule has 0 aliphatic carbocycles. The maximum atomic E-state index is 5.63. The Labute approximate surface area is 98.6 Å². The molecule has 4 heteroatoms. The predicted molar refractivity (Wildman–Crippen MR) is 65.8 cm³/mol. The minimum absolute atomic E-state index is 0.528. The number of hydrogen-bond donors (Lipinski definition) is 1. The van der Waals surface area contributed by atoms with Gasteiger partial charge in [-0.1, -0.05) is 30.0 Å². The Morgan fingerprint density at radius 1 is 1.12 bits per heavy atom. The van der Waals surface area contributed by atoms with Gasteiger partial charge in [-0.2, -0.15) is 0 Å². The summed E-state index contributed by atoms with van der Waals surface area (Å²) in [6.07, 6.45) is 0. The Balaban J connectivity index is 2.26. The highest BCUT2D eigenvalue weighted by Crippen LogP contribution is 2.33. The Bertz CT molecular complexity index is 488. The molecule has 1 aromatic carbocycles. The number of rotatable bonds is 3. The first-order valence-corrected chi connectivity index (χ1v) is 5.64. The van der Waals surface area contributed by atoms with Gasteiger partial charge in [0.2, 0.25) is 0 Å². The number of nitrogen functional groups attached to an aromatic ring is 1. The van der Waals surface area contributed by atoms with E-state index in [9.17, 15) is 0 Å². The zero-order chi connectivity index (χ0) is 11.4. The molecule has 0 saturated carbocycles. The van der Waals surface area contributed by atoms with Crippen LogP contribution in [-0.2, 0) is 0 Å². The molecule has 0 radical (unpaired) electrons. The fourth-order valence-corrected chi connectivity index (χ4v) is 2.22. The molecule has 2 rings (SSSR count). The average molecular weight is 232 g/mol. The van der Waals surface area contributed by atoms with Crippen LogP contribution in [-0.4, -0.2) is 12.1 Å². The summed E-state index contributed by atoms with van der Waals surface area (Å²) >= 11 is 1.54. The normalized spacial score (nSPS) is 10.1. The summed E-state index contributed by atoms with van der Waals surface area (Å²) in [4.78, 5) is 5.26. The maximum Gasteiger partial charge on any atom is 0.132 e. The summed E-state index contributed by atoms with van der Waals surface area (Å²) in [5.41, 5.74) is 5.63. The van der Waals surface area contributed by atoms with Crippen LogP contribution >= 0.6 is 11.8 Å². The van der Waals surface area contributed by atoms with Crippen LogP contribution in [0.15, 0.2) is 52.4 Å². The Kier molecular flexibility index (Phi) is 3.31. The van der Waals surface area contributed by atoms with Crippen LogP contribution in [0.2, 0.25) is 0 Å². The standard InChI is InChI=1S/C12H12N2OS/c1-15-9-5-2-3-6-10(9)16-12-8-4-7-11(13)14-12/h2-8H,1H3,(H2,13,14). The molecule has 0 spiro atoms. The molecule has 2 aromatic rings. The molecule has 2 N–H and O–H groups in total. The second-order valence-electron chi connectivity index (χ2n) is 3.15. The van der Waals surface area contributed by atoms with Crippen molar-refractivity contribution in [1.29, 1.82) is 0 Å². The van der Waals surface area contributed by atoms with E-state index >= 15 is 0 Å². The number of aromatic nitrogens is 1. The summed E-state index contributed by atoms with van der Waals surface area (Å²) in [7, 11) is 1.66. The molecule has 0 unspecified atom stereocenters. The van der Waals surface area contributed by atoms with Gasteiger partial charge in [-0.15, -0.1) is 0 Å². The van der Waals surface area contributed by atoms with E-state index in [-0.39, 0.29) is 0 Å². The quantitative estimate of drug-likeness (QED) is 0.884. The molecule has 0 saturated heterocycles. The number of ether oxygens (including phenoxy) is 1. The van der Waals surface area contributed by atoms with Crippen LogP contribution in [0.5, 0.6) is 5.75 Å². The summed E-state index contributed by atoms with van der Waals surface area (Å²) in [6, 6.07) is 13.4. The number of nitrogens with two attached hydrogens (primary N) is 1. The number of nitrogens with zero attached hydrogens (tertiary/aromatic N) is 1. The topological polar surface area (TPSA) is 48.1 Å². The van der Waals surface area contributed by atoms with E-state index in [1.165, 1.54) is 11.8 Å². The van der Waals surface area contributed by atoms with Gasteiger partial charge in [-0.05, 0) is 24.3 Å². The van der Waals surface area contributed by atoms with Gasteiger partial charge in [0.05, 0.1) is 12.0 Å². The van der Waals surface area contributed by atoms with E-state index in [2.05, 4.69) is 4.98 Å². The van der Waals surface area contributed by atoms with Gasteiger partial charge in [0.15, 0.2) is 0 Å². The van der Waals surface area contributed by atoms with Crippen LogP contribution in [0.25, 0.3) is 0 Å². The van der Waals surface area contributed by atoms with Gasteiger partial charge >= 0.3 is 0 Å². The van der Waals surface area contributed by atoms with Crippen LogP contribution < -0.4 is 10.5 Å². The van der Waals surface area contributed by atoms with Gasteiger partial charge in [-0.25, -0.2) is 4.98 Å². The lowest BCUT2D eigenvalue weighted by atomic mass is 10.3. The van der Waals surface area contributed by atoms with E-state index < -0.39 is 0 Å². The van der Waals surface area contributed by atoms with E-state index in [4.69, 9.17) is 10.5 Å². The molecule has 1 heterocycles. The van der Waals surface area contributed by atoms with Crippen molar-refractivity contribution in [2.75, 3.05) is 12.8 Å². The van der Waals surface area contributed by atoms with E-state index in [0.717, 1.165) is 15.7 Å². The molecule has 0 aliphatic rings. The van der Waals surface area contributed by atoms with Crippen molar-refractivity contribution in [1.82, 2.24) is 4.98 Å². The monoisotopic (exact) mass is 232 g/mol. The number of hydrogen-bond acceptors (Lipinski definition) is 4. The van der Waals surface area contributed by atoms with Crippen LogP contribution in [0.1, 0.15) is 0 Å². The Hall–Kier alpha value is -1.68. The Morgan fingerprint density at radius 3 is 2.69 bits per heavy atom. The second-order valence-corrected chi connectivity index (χ2v) is 4.22. The molecule has 16 heavy (non-hydrogen) atoms. The van der Waals surface area contributed by atoms with Crippen molar-refractivity contribution in [3.63, 3.8) is 0 Å². The third kappa shape index (κ3) is 2.46.